The number of fused-ring (bicyclic) bond motifs is 1. The molecule has 0 bridgehead atoms. The summed E-state index contributed by atoms with van der Waals surface area (Å²) in [6, 6.07) is 9.61. The molecule has 170 valence electrons. The molecular weight excluding hydrogens is 455 g/mol. The quantitative estimate of drug-likeness (QED) is 0.458. The van der Waals surface area contributed by atoms with Gasteiger partial charge < -0.3 is 9.47 Å². The van der Waals surface area contributed by atoms with Crippen LogP contribution in [0.15, 0.2) is 36.7 Å². The van der Waals surface area contributed by atoms with E-state index in [1.807, 2.05) is 41.9 Å². The van der Waals surface area contributed by atoms with Gasteiger partial charge in [-0.2, -0.15) is 0 Å². The molecule has 1 aliphatic heterocycles. The van der Waals surface area contributed by atoms with E-state index in [1.165, 1.54) is 0 Å². The van der Waals surface area contributed by atoms with Crippen molar-refractivity contribution in [3.63, 3.8) is 0 Å². The molecule has 32 heavy (non-hydrogen) atoms. The standard InChI is InChI=1S/C23H25Cl2F2N5/c1-14-12-31(21(16-10-23(26,27)11-16)15-3-5-17(24)6-4-15)7-8-32(14)18-9-19(25)29-22-20(18)28-13-30(22)2/h3-6,9,13-14,16,21H,7-8,10-12H2,1-2H3. The average molecular weight is 480 g/mol. The molecule has 1 aliphatic carbocycles. The summed E-state index contributed by atoms with van der Waals surface area (Å²) in [6.07, 6.45) is 1.61. The van der Waals surface area contributed by atoms with Gasteiger partial charge in [-0.25, -0.2) is 18.7 Å². The fourth-order valence-electron chi connectivity index (χ4n) is 5.24. The van der Waals surface area contributed by atoms with Crippen LogP contribution in [0.4, 0.5) is 14.5 Å². The van der Waals surface area contributed by atoms with Gasteiger partial charge in [-0.3, -0.25) is 4.90 Å². The second-order valence-corrected chi connectivity index (χ2v) is 9.87. The van der Waals surface area contributed by atoms with Gasteiger partial charge in [0.1, 0.15) is 10.7 Å². The molecule has 0 radical (unpaired) electrons. The highest BCUT2D eigenvalue weighted by Crippen LogP contribution is 2.50. The maximum Gasteiger partial charge on any atom is 0.248 e. The average Bonchev–Trinajstić information content (AvgIpc) is 3.09. The van der Waals surface area contributed by atoms with Crippen molar-refractivity contribution in [2.75, 3.05) is 24.5 Å². The molecule has 1 aromatic carbocycles. The van der Waals surface area contributed by atoms with Crippen molar-refractivity contribution in [1.29, 1.82) is 0 Å². The second-order valence-electron chi connectivity index (χ2n) is 9.05. The van der Waals surface area contributed by atoms with Gasteiger partial charge >= 0.3 is 0 Å². The molecule has 2 fully saturated rings. The van der Waals surface area contributed by atoms with E-state index in [9.17, 15) is 8.78 Å². The molecular formula is C23H25Cl2F2N5. The number of aryl methyl sites for hydroxylation is 1. The summed E-state index contributed by atoms with van der Waals surface area (Å²) in [4.78, 5) is 13.6. The van der Waals surface area contributed by atoms with Crippen LogP contribution in [0, 0.1) is 5.92 Å². The predicted molar refractivity (Wildman–Crippen MR) is 124 cm³/mol. The van der Waals surface area contributed by atoms with Gasteiger partial charge in [-0.1, -0.05) is 35.3 Å². The van der Waals surface area contributed by atoms with Gasteiger partial charge in [0.15, 0.2) is 5.65 Å². The Kier molecular flexibility index (Phi) is 5.55. The van der Waals surface area contributed by atoms with Crippen LogP contribution in [0.25, 0.3) is 11.2 Å². The van der Waals surface area contributed by atoms with E-state index in [4.69, 9.17) is 23.2 Å². The minimum Gasteiger partial charge on any atom is -0.364 e. The number of imidazole rings is 1. The first kappa shape index (κ1) is 21.9. The van der Waals surface area contributed by atoms with Crippen LogP contribution in [0.5, 0.6) is 0 Å². The Morgan fingerprint density at radius 2 is 1.84 bits per heavy atom. The smallest absolute Gasteiger partial charge is 0.248 e. The maximum atomic E-state index is 13.8. The number of halogens is 4. The van der Waals surface area contributed by atoms with Crippen LogP contribution >= 0.6 is 23.2 Å². The first-order chi connectivity index (χ1) is 15.2. The Morgan fingerprint density at radius 3 is 2.50 bits per heavy atom. The van der Waals surface area contributed by atoms with E-state index in [1.54, 1.807) is 6.33 Å². The summed E-state index contributed by atoms with van der Waals surface area (Å²) in [6.45, 7) is 4.42. The van der Waals surface area contributed by atoms with Crippen molar-refractivity contribution >= 4 is 40.1 Å². The normalized spacial score (nSPS) is 22.8. The lowest BCUT2D eigenvalue weighted by molar-refractivity contribution is -0.133. The number of piperazine rings is 1. The summed E-state index contributed by atoms with van der Waals surface area (Å²) in [5.74, 6) is -2.62. The third-order valence-corrected chi connectivity index (χ3v) is 7.20. The number of hydrogen-bond acceptors (Lipinski definition) is 4. The first-order valence-corrected chi connectivity index (χ1v) is 11.6. The van der Waals surface area contributed by atoms with Crippen molar-refractivity contribution in [3.05, 3.63) is 52.4 Å². The molecule has 0 N–H and O–H groups in total. The minimum absolute atomic E-state index is 0.0487. The number of nitrogens with zero attached hydrogens (tertiary/aromatic N) is 5. The maximum absolute atomic E-state index is 13.8. The Balaban J connectivity index is 1.41. The van der Waals surface area contributed by atoms with Crippen LogP contribution in [0.1, 0.15) is 31.4 Å². The number of anilines is 1. The Labute approximate surface area is 195 Å². The van der Waals surface area contributed by atoms with Gasteiger partial charge in [0.2, 0.25) is 5.92 Å². The third kappa shape index (κ3) is 3.95. The molecule has 5 nitrogen and oxygen atoms in total. The molecule has 2 unspecified atom stereocenters. The van der Waals surface area contributed by atoms with Gasteiger partial charge in [-0.05, 0) is 30.5 Å². The Bertz CT molecular complexity index is 1130. The number of rotatable bonds is 4. The van der Waals surface area contributed by atoms with Crippen LogP contribution in [-0.2, 0) is 7.05 Å². The van der Waals surface area contributed by atoms with Crippen molar-refractivity contribution in [2.24, 2.45) is 13.0 Å². The highest BCUT2D eigenvalue weighted by Gasteiger charge is 2.50. The van der Waals surface area contributed by atoms with Crippen LogP contribution in [0.2, 0.25) is 10.2 Å². The number of pyridine rings is 1. The molecule has 2 aliphatic rings. The number of aromatic nitrogens is 3. The first-order valence-electron chi connectivity index (χ1n) is 10.8. The van der Waals surface area contributed by atoms with E-state index < -0.39 is 5.92 Å². The summed E-state index contributed by atoms with van der Waals surface area (Å²) in [5.41, 5.74) is 3.59. The van der Waals surface area contributed by atoms with Gasteiger partial charge in [0.25, 0.3) is 0 Å². The zero-order valence-electron chi connectivity index (χ0n) is 18.0. The lowest BCUT2D eigenvalue weighted by atomic mass is 9.73. The summed E-state index contributed by atoms with van der Waals surface area (Å²) >= 11 is 12.4. The number of hydrogen-bond donors (Lipinski definition) is 0. The van der Waals surface area contributed by atoms with Gasteiger partial charge in [0.05, 0.1) is 12.0 Å². The molecule has 2 aromatic heterocycles. The van der Waals surface area contributed by atoms with E-state index in [0.29, 0.717) is 10.2 Å². The SMILES string of the molecule is CC1CN(C(c2ccc(Cl)cc2)C2CC(F)(F)C2)CCN1c1cc(Cl)nc2c1ncn2C. The molecule has 1 saturated heterocycles. The van der Waals surface area contributed by atoms with Crippen molar-refractivity contribution in [2.45, 2.75) is 37.8 Å². The third-order valence-electron chi connectivity index (χ3n) is 6.76. The Hall–Kier alpha value is -1.96. The van der Waals surface area contributed by atoms with Crippen molar-refractivity contribution in [1.82, 2.24) is 19.4 Å². The van der Waals surface area contributed by atoms with Crippen molar-refractivity contribution < 1.29 is 8.78 Å². The minimum atomic E-state index is -2.55. The van der Waals surface area contributed by atoms with Gasteiger partial charge in [0, 0.05) is 62.7 Å². The number of alkyl halides is 2. The van der Waals surface area contributed by atoms with E-state index in [2.05, 4.69) is 26.7 Å². The highest BCUT2D eigenvalue weighted by atomic mass is 35.5. The molecule has 3 aromatic rings. The number of benzene rings is 1. The van der Waals surface area contributed by atoms with Crippen molar-refractivity contribution in [3.8, 4) is 0 Å². The summed E-state index contributed by atoms with van der Waals surface area (Å²) in [7, 11) is 1.90. The fraction of sp³-hybridized carbons (Fsp3) is 0.478. The topological polar surface area (TPSA) is 37.2 Å². The molecule has 2 atom stereocenters. The monoisotopic (exact) mass is 479 g/mol. The highest BCUT2D eigenvalue weighted by molar-refractivity contribution is 6.30. The molecule has 0 spiro atoms. The Morgan fingerprint density at radius 1 is 1.12 bits per heavy atom. The fourth-order valence-corrected chi connectivity index (χ4v) is 5.55. The summed E-state index contributed by atoms with van der Waals surface area (Å²) in [5, 5.41) is 1.08. The van der Waals surface area contributed by atoms with Gasteiger partial charge in [-0.15, -0.1) is 0 Å². The summed E-state index contributed by atoms with van der Waals surface area (Å²) < 4.78 is 29.4. The molecule has 0 amide bonds. The lowest BCUT2D eigenvalue weighted by Crippen LogP contribution is -2.55. The molecule has 5 rings (SSSR count). The largest absolute Gasteiger partial charge is 0.364 e. The molecule has 3 heterocycles. The zero-order chi connectivity index (χ0) is 22.6. The van der Waals surface area contributed by atoms with Crippen LogP contribution in [-0.4, -0.2) is 51.0 Å². The second kappa shape index (κ2) is 8.12. The van der Waals surface area contributed by atoms with E-state index in [0.717, 1.165) is 42.0 Å². The van der Waals surface area contributed by atoms with E-state index in [-0.39, 0.29) is 30.8 Å². The molecule has 9 heteroatoms. The molecule has 1 saturated carbocycles. The lowest BCUT2D eigenvalue weighted by Gasteiger charge is -2.49. The predicted octanol–water partition coefficient (Wildman–Crippen LogP) is 5.57. The van der Waals surface area contributed by atoms with Crippen LogP contribution < -0.4 is 4.90 Å². The zero-order valence-corrected chi connectivity index (χ0v) is 19.5. The van der Waals surface area contributed by atoms with Crippen LogP contribution in [0.3, 0.4) is 0 Å². The van der Waals surface area contributed by atoms with E-state index >= 15 is 0 Å².